The number of hydrogen-bond acceptors (Lipinski definition) is 4. The van der Waals surface area contributed by atoms with Crippen LogP contribution in [-0.2, 0) is 24.2 Å². The van der Waals surface area contributed by atoms with Crippen LogP contribution in [0.3, 0.4) is 0 Å². The van der Waals surface area contributed by atoms with Crippen molar-refractivity contribution in [2.24, 2.45) is 0 Å². The molecule has 0 unspecified atom stereocenters. The molecule has 1 heterocycles. The van der Waals surface area contributed by atoms with Crippen LogP contribution in [0.15, 0.2) is 29.1 Å². The summed E-state index contributed by atoms with van der Waals surface area (Å²) in [6, 6.07) is 7.18. The van der Waals surface area contributed by atoms with Gasteiger partial charge in [-0.2, -0.15) is 5.10 Å². The third-order valence-electron chi connectivity index (χ3n) is 4.45. The summed E-state index contributed by atoms with van der Waals surface area (Å²) < 4.78 is 6.52. The monoisotopic (exact) mass is 341 g/mol. The number of methoxy groups -OCH3 is 1. The Morgan fingerprint density at radius 3 is 2.84 bits per heavy atom. The summed E-state index contributed by atoms with van der Waals surface area (Å²) in [5.74, 6) is 0.285. The van der Waals surface area contributed by atoms with E-state index in [2.05, 4.69) is 10.4 Å². The highest BCUT2D eigenvalue weighted by molar-refractivity contribution is 5.92. The van der Waals surface area contributed by atoms with E-state index in [9.17, 15) is 9.59 Å². The molecule has 0 radical (unpaired) electrons. The SMILES string of the molecule is COc1ccc(C)cc1NC(=O)Cn1nc2c(cc1=O)CCCCC2. The van der Waals surface area contributed by atoms with Crippen molar-refractivity contribution in [3.63, 3.8) is 0 Å². The molecule has 1 aliphatic carbocycles. The molecule has 0 fully saturated rings. The van der Waals surface area contributed by atoms with E-state index in [1.807, 2.05) is 19.1 Å². The number of amides is 1. The normalized spacial score (nSPS) is 13.7. The number of fused-ring (bicyclic) bond motifs is 1. The van der Waals surface area contributed by atoms with Gasteiger partial charge in [0, 0.05) is 6.07 Å². The van der Waals surface area contributed by atoms with Gasteiger partial charge in [0.2, 0.25) is 5.91 Å². The molecule has 25 heavy (non-hydrogen) atoms. The molecule has 1 amide bonds. The van der Waals surface area contributed by atoms with E-state index in [4.69, 9.17) is 4.74 Å². The first-order chi connectivity index (χ1) is 12.1. The van der Waals surface area contributed by atoms with Crippen molar-refractivity contribution >= 4 is 11.6 Å². The second-order valence-electron chi connectivity index (χ2n) is 6.42. The highest BCUT2D eigenvalue weighted by Crippen LogP contribution is 2.25. The van der Waals surface area contributed by atoms with Crippen LogP contribution < -0.4 is 15.6 Å². The van der Waals surface area contributed by atoms with Crippen LogP contribution in [0, 0.1) is 6.92 Å². The van der Waals surface area contributed by atoms with E-state index in [0.29, 0.717) is 11.4 Å². The minimum absolute atomic E-state index is 0.108. The smallest absolute Gasteiger partial charge is 0.267 e. The number of aromatic nitrogens is 2. The first-order valence-corrected chi connectivity index (χ1v) is 8.61. The number of carbonyl (C=O) groups excluding carboxylic acids is 1. The summed E-state index contributed by atoms with van der Waals surface area (Å²) in [4.78, 5) is 24.6. The lowest BCUT2D eigenvalue weighted by molar-refractivity contribution is -0.117. The van der Waals surface area contributed by atoms with Crippen molar-refractivity contribution in [3.8, 4) is 5.75 Å². The predicted octanol–water partition coefficient (Wildman–Crippen LogP) is 2.47. The lowest BCUT2D eigenvalue weighted by Gasteiger charge is -2.12. The van der Waals surface area contributed by atoms with E-state index in [-0.39, 0.29) is 18.0 Å². The fourth-order valence-electron chi connectivity index (χ4n) is 3.14. The largest absolute Gasteiger partial charge is 0.495 e. The Morgan fingerprint density at radius 1 is 1.24 bits per heavy atom. The van der Waals surface area contributed by atoms with Crippen LogP contribution >= 0.6 is 0 Å². The van der Waals surface area contributed by atoms with Crippen LogP contribution in [0.1, 0.15) is 36.1 Å². The molecule has 6 heteroatoms. The summed E-state index contributed by atoms with van der Waals surface area (Å²) in [6.07, 6.45) is 5.07. The Balaban J connectivity index is 1.78. The quantitative estimate of drug-likeness (QED) is 0.867. The minimum Gasteiger partial charge on any atom is -0.495 e. The Hall–Kier alpha value is -2.63. The maximum atomic E-state index is 12.4. The van der Waals surface area contributed by atoms with Crippen LogP contribution in [0.5, 0.6) is 5.75 Å². The third kappa shape index (κ3) is 4.07. The zero-order chi connectivity index (χ0) is 17.8. The summed E-state index contributed by atoms with van der Waals surface area (Å²) in [6.45, 7) is 1.83. The number of ether oxygens (including phenoxy) is 1. The summed E-state index contributed by atoms with van der Waals surface area (Å²) in [5, 5.41) is 7.23. The van der Waals surface area contributed by atoms with Gasteiger partial charge in [-0.15, -0.1) is 0 Å². The molecule has 1 aromatic carbocycles. The second-order valence-corrected chi connectivity index (χ2v) is 6.42. The molecule has 0 atom stereocenters. The molecule has 1 aliphatic rings. The van der Waals surface area contributed by atoms with E-state index in [1.54, 1.807) is 19.2 Å². The highest BCUT2D eigenvalue weighted by Gasteiger charge is 2.15. The number of hydrogen-bond donors (Lipinski definition) is 1. The molecular formula is C19H23N3O3. The number of nitrogens with zero attached hydrogens (tertiary/aromatic N) is 2. The van der Waals surface area contributed by atoms with Crippen LogP contribution in [0.25, 0.3) is 0 Å². The molecule has 0 aliphatic heterocycles. The van der Waals surface area contributed by atoms with Crippen LogP contribution in [0.2, 0.25) is 0 Å². The number of aryl methyl sites for hydroxylation is 3. The Kier molecular flexibility index (Phi) is 5.16. The highest BCUT2D eigenvalue weighted by atomic mass is 16.5. The molecule has 1 aromatic heterocycles. The summed E-state index contributed by atoms with van der Waals surface area (Å²) in [7, 11) is 1.55. The minimum atomic E-state index is -0.299. The van der Waals surface area contributed by atoms with Gasteiger partial charge >= 0.3 is 0 Å². The van der Waals surface area contributed by atoms with Crippen molar-refractivity contribution < 1.29 is 9.53 Å². The van der Waals surface area contributed by atoms with E-state index >= 15 is 0 Å². The number of anilines is 1. The Bertz CT molecular complexity index is 842. The zero-order valence-corrected chi connectivity index (χ0v) is 14.7. The van der Waals surface area contributed by atoms with E-state index in [1.165, 1.54) is 4.68 Å². The molecule has 6 nitrogen and oxygen atoms in total. The van der Waals surface area contributed by atoms with Crippen molar-refractivity contribution in [2.45, 2.75) is 45.6 Å². The standard InChI is InChI=1S/C19H23N3O3/c1-13-8-9-17(25-2)16(10-13)20-18(23)12-22-19(24)11-14-6-4-3-5-7-15(14)21-22/h8-11H,3-7,12H2,1-2H3,(H,20,23). The van der Waals surface area contributed by atoms with Crippen molar-refractivity contribution in [1.29, 1.82) is 0 Å². The number of carbonyl (C=O) groups is 1. The van der Waals surface area contributed by atoms with E-state index < -0.39 is 0 Å². The molecule has 132 valence electrons. The lowest BCUT2D eigenvalue weighted by atomic mass is 10.1. The fourth-order valence-corrected chi connectivity index (χ4v) is 3.14. The Morgan fingerprint density at radius 2 is 2.04 bits per heavy atom. The number of benzene rings is 1. The van der Waals surface area contributed by atoms with Crippen molar-refractivity contribution in [2.75, 3.05) is 12.4 Å². The van der Waals surface area contributed by atoms with Gasteiger partial charge in [0.1, 0.15) is 12.3 Å². The van der Waals surface area contributed by atoms with Gasteiger partial charge in [0.05, 0.1) is 18.5 Å². The van der Waals surface area contributed by atoms with E-state index in [0.717, 1.165) is 48.9 Å². The van der Waals surface area contributed by atoms with Gasteiger partial charge in [-0.3, -0.25) is 9.59 Å². The maximum Gasteiger partial charge on any atom is 0.267 e. The van der Waals surface area contributed by atoms with Crippen molar-refractivity contribution in [3.05, 3.63) is 51.4 Å². The fraction of sp³-hybridized carbons (Fsp3) is 0.421. The first-order valence-electron chi connectivity index (χ1n) is 8.61. The second kappa shape index (κ2) is 7.51. The summed E-state index contributed by atoms with van der Waals surface area (Å²) in [5.41, 5.74) is 3.34. The molecular weight excluding hydrogens is 318 g/mol. The first kappa shape index (κ1) is 17.2. The average molecular weight is 341 g/mol. The topological polar surface area (TPSA) is 73.2 Å². The van der Waals surface area contributed by atoms with Gasteiger partial charge in [-0.05, 0) is 55.9 Å². The molecule has 0 spiro atoms. The molecule has 1 N–H and O–H groups in total. The molecule has 3 rings (SSSR count). The zero-order valence-electron chi connectivity index (χ0n) is 14.7. The number of nitrogens with one attached hydrogen (secondary N) is 1. The van der Waals surface area contributed by atoms with Gasteiger partial charge in [-0.1, -0.05) is 12.5 Å². The lowest BCUT2D eigenvalue weighted by Crippen LogP contribution is -2.30. The third-order valence-corrected chi connectivity index (χ3v) is 4.45. The van der Waals surface area contributed by atoms with Gasteiger partial charge in [-0.25, -0.2) is 4.68 Å². The van der Waals surface area contributed by atoms with Crippen LogP contribution in [-0.4, -0.2) is 22.8 Å². The molecule has 0 saturated heterocycles. The maximum absolute atomic E-state index is 12.4. The number of rotatable bonds is 4. The van der Waals surface area contributed by atoms with Crippen molar-refractivity contribution in [1.82, 2.24) is 9.78 Å². The average Bonchev–Trinajstić information content (AvgIpc) is 2.80. The molecule has 0 bridgehead atoms. The summed E-state index contributed by atoms with van der Waals surface area (Å²) >= 11 is 0. The van der Waals surface area contributed by atoms with Crippen LogP contribution in [0.4, 0.5) is 5.69 Å². The molecule has 0 saturated carbocycles. The molecule has 2 aromatic rings. The predicted molar refractivity (Wildman–Crippen MR) is 96.1 cm³/mol. The van der Waals surface area contributed by atoms with Gasteiger partial charge in [0.15, 0.2) is 0 Å². The van der Waals surface area contributed by atoms with Gasteiger partial charge < -0.3 is 10.1 Å². The van der Waals surface area contributed by atoms with Gasteiger partial charge in [0.25, 0.3) is 5.56 Å². The Labute approximate surface area is 146 Å².